The van der Waals surface area contributed by atoms with E-state index in [0.29, 0.717) is 24.1 Å². The SMILES string of the molecule is Fc1cc(F)c(Nc2nccn2C2CCCC2)c(F)c1. The molecule has 3 rings (SSSR count). The molecule has 0 aliphatic heterocycles. The molecule has 3 nitrogen and oxygen atoms in total. The summed E-state index contributed by atoms with van der Waals surface area (Å²) in [5.74, 6) is -2.50. The van der Waals surface area contributed by atoms with Crippen molar-refractivity contribution in [2.45, 2.75) is 31.7 Å². The van der Waals surface area contributed by atoms with E-state index in [0.717, 1.165) is 25.7 Å². The van der Waals surface area contributed by atoms with Crippen molar-refractivity contribution < 1.29 is 13.2 Å². The maximum Gasteiger partial charge on any atom is 0.207 e. The second-order valence-electron chi connectivity index (χ2n) is 4.97. The standard InChI is InChI=1S/C14H14F3N3/c15-9-7-11(16)13(12(17)8-9)19-14-18-5-6-20(14)10-3-1-2-4-10/h5-8,10H,1-4H2,(H,18,19). The first kappa shape index (κ1) is 13.0. The number of hydrogen-bond donors (Lipinski definition) is 1. The minimum atomic E-state index is -0.969. The van der Waals surface area contributed by atoms with Crippen LogP contribution in [0.15, 0.2) is 24.5 Å². The number of anilines is 2. The molecule has 0 bridgehead atoms. The zero-order valence-corrected chi connectivity index (χ0v) is 10.7. The third-order valence-corrected chi connectivity index (χ3v) is 3.63. The van der Waals surface area contributed by atoms with Crippen LogP contribution >= 0.6 is 0 Å². The monoisotopic (exact) mass is 281 g/mol. The molecule has 0 unspecified atom stereocenters. The van der Waals surface area contributed by atoms with E-state index in [1.54, 1.807) is 12.4 Å². The smallest absolute Gasteiger partial charge is 0.207 e. The second kappa shape index (κ2) is 5.19. The van der Waals surface area contributed by atoms with Gasteiger partial charge in [0.25, 0.3) is 0 Å². The van der Waals surface area contributed by atoms with E-state index in [2.05, 4.69) is 10.3 Å². The van der Waals surface area contributed by atoms with Gasteiger partial charge in [-0.05, 0) is 12.8 Å². The lowest BCUT2D eigenvalue weighted by Gasteiger charge is -2.16. The molecule has 0 saturated heterocycles. The highest BCUT2D eigenvalue weighted by Crippen LogP contribution is 2.33. The summed E-state index contributed by atoms with van der Waals surface area (Å²) < 4.78 is 42.0. The summed E-state index contributed by atoms with van der Waals surface area (Å²) >= 11 is 0. The number of nitrogens with one attached hydrogen (secondary N) is 1. The van der Waals surface area contributed by atoms with Crippen LogP contribution in [0.4, 0.5) is 24.8 Å². The van der Waals surface area contributed by atoms with Gasteiger partial charge in [-0.3, -0.25) is 0 Å². The molecule has 0 atom stereocenters. The van der Waals surface area contributed by atoms with Crippen molar-refractivity contribution in [3.05, 3.63) is 42.0 Å². The van der Waals surface area contributed by atoms with Crippen LogP contribution in [0.2, 0.25) is 0 Å². The lowest BCUT2D eigenvalue weighted by atomic mass is 10.2. The minimum Gasteiger partial charge on any atom is -0.321 e. The first-order valence-corrected chi connectivity index (χ1v) is 6.59. The molecule has 0 spiro atoms. The summed E-state index contributed by atoms with van der Waals surface area (Å²) in [6.07, 6.45) is 7.71. The molecule has 2 aromatic rings. The Hall–Kier alpha value is -1.98. The van der Waals surface area contributed by atoms with E-state index in [9.17, 15) is 13.2 Å². The Balaban J connectivity index is 1.90. The van der Waals surface area contributed by atoms with Crippen molar-refractivity contribution in [3.8, 4) is 0 Å². The van der Waals surface area contributed by atoms with Gasteiger partial charge in [0.15, 0.2) is 11.6 Å². The average Bonchev–Trinajstić information content (AvgIpc) is 3.04. The van der Waals surface area contributed by atoms with Crippen LogP contribution < -0.4 is 5.32 Å². The Kier molecular flexibility index (Phi) is 3.38. The van der Waals surface area contributed by atoms with Gasteiger partial charge in [-0.15, -0.1) is 0 Å². The number of rotatable bonds is 3. The van der Waals surface area contributed by atoms with Gasteiger partial charge >= 0.3 is 0 Å². The molecule has 1 fully saturated rings. The fraction of sp³-hybridized carbons (Fsp3) is 0.357. The zero-order chi connectivity index (χ0) is 14.1. The molecular formula is C14H14F3N3. The third-order valence-electron chi connectivity index (χ3n) is 3.63. The third kappa shape index (κ3) is 2.37. The first-order valence-electron chi connectivity index (χ1n) is 6.59. The number of halogens is 3. The van der Waals surface area contributed by atoms with Gasteiger partial charge in [0, 0.05) is 30.6 Å². The highest BCUT2D eigenvalue weighted by molar-refractivity contribution is 5.55. The van der Waals surface area contributed by atoms with Gasteiger partial charge in [-0.2, -0.15) is 0 Å². The average molecular weight is 281 g/mol. The highest BCUT2D eigenvalue weighted by atomic mass is 19.1. The Morgan fingerprint density at radius 3 is 2.40 bits per heavy atom. The number of nitrogens with zero attached hydrogens (tertiary/aromatic N) is 2. The summed E-state index contributed by atoms with van der Waals surface area (Å²) in [7, 11) is 0. The van der Waals surface area contributed by atoms with Crippen LogP contribution in [-0.2, 0) is 0 Å². The lowest BCUT2D eigenvalue weighted by molar-refractivity contribution is 0.522. The molecule has 0 radical (unpaired) electrons. The summed E-state index contributed by atoms with van der Waals surface area (Å²) in [5, 5.41) is 2.63. The maximum atomic E-state index is 13.6. The summed E-state index contributed by atoms with van der Waals surface area (Å²) in [5.41, 5.74) is -0.378. The van der Waals surface area contributed by atoms with Crippen LogP contribution in [0.1, 0.15) is 31.7 Å². The molecule has 1 aromatic heterocycles. The zero-order valence-electron chi connectivity index (χ0n) is 10.7. The van der Waals surface area contributed by atoms with Crippen LogP contribution in [0, 0.1) is 17.5 Å². The summed E-state index contributed by atoms with van der Waals surface area (Å²) in [6, 6.07) is 1.59. The topological polar surface area (TPSA) is 29.9 Å². The molecular weight excluding hydrogens is 267 g/mol. The molecule has 1 N–H and O–H groups in total. The van der Waals surface area contributed by atoms with E-state index in [4.69, 9.17) is 0 Å². The molecule has 1 aliphatic rings. The Morgan fingerprint density at radius 2 is 1.75 bits per heavy atom. The fourth-order valence-corrected chi connectivity index (χ4v) is 2.66. The van der Waals surface area contributed by atoms with Crippen molar-refractivity contribution in [1.82, 2.24) is 9.55 Å². The number of hydrogen-bond acceptors (Lipinski definition) is 2. The molecule has 106 valence electrons. The Labute approximate surface area is 114 Å². The minimum absolute atomic E-state index is 0.298. The number of imidazole rings is 1. The molecule has 1 aliphatic carbocycles. The van der Waals surface area contributed by atoms with E-state index >= 15 is 0 Å². The van der Waals surface area contributed by atoms with E-state index < -0.39 is 17.5 Å². The quantitative estimate of drug-likeness (QED) is 0.915. The number of aromatic nitrogens is 2. The van der Waals surface area contributed by atoms with Crippen LogP contribution in [0.3, 0.4) is 0 Å². The van der Waals surface area contributed by atoms with Crippen molar-refractivity contribution in [1.29, 1.82) is 0 Å². The van der Waals surface area contributed by atoms with Crippen molar-refractivity contribution in [3.63, 3.8) is 0 Å². The van der Waals surface area contributed by atoms with Gasteiger partial charge in [-0.25, -0.2) is 18.2 Å². The van der Waals surface area contributed by atoms with Gasteiger partial charge < -0.3 is 9.88 Å². The number of benzene rings is 1. The van der Waals surface area contributed by atoms with Crippen molar-refractivity contribution >= 4 is 11.6 Å². The Bertz CT molecular complexity index is 595. The molecule has 6 heteroatoms. The molecule has 0 amide bonds. The summed E-state index contributed by atoms with van der Waals surface area (Å²) in [6.45, 7) is 0. The van der Waals surface area contributed by atoms with Crippen LogP contribution in [0.5, 0.6) is 0 Å². The van der Waals surface area contributed by atoms with Gasteiger partial charge in [0.2, 0.25) is 5.95 Å². The van der Waals surface area contributed by atoms with Gasteiger partial charge in [0.1, 0.15) is 11.5 Å². The largest absolute Gasteiger partial charge is 0.321 e. The molecule has 1 saturated carbocycles. The van der Waals surface area contributed by atoms with Crippen molar-refractivity contribution in [2.75, 3.05) is 5.32 Å². The molecule has 20 heavy (non-hydrogen) atoms. The van der Waals surface area contributed by atoms with Crippen LogP contribution in [-0.4, -0.2) is 9.55 Å². The van der Waals surface area contributed by atoms with Gasteiger partial charge in [0.05, 0.1) is 0 Å². The Morgan fingerprint density at radius 1 is 1.10 bits per heavy atom. The highest BCUT2D eigenvalue weighted by Gasteiger charge is 2.20. The normalized spacial score (nSPS) is 15.8. The molecule has 1 aromatic carbocycles. The van der Waals surface area contributed by atoms with E-state index in [-0.39, 0.29) is 5.69 Å². The second-order valence-corrected chi connectivity index (χ2v) is 4.97. The predicted molar refractivity (Wildman–Crippen MR) is 69.3 cm³/mol. The molecule has 1 heterocycles. The van der Waals surface area contributed by atoms with E-state index in [1.807, 2.05) is 4.57 Å². The van der Waals surface area contributed by atoms with Crippen LogP contribution in [0.25, 0.3) is 0 Å². The van der Waals surface area contributed by atoms with Gasteiger partial charge in [-0.1, -0.05) is 12.8 Å². The van der Waals surface area contributed by atoms with E-state index in [1.165, 1.54) is 0 Å². The lowest BCUT2D eigenvalue weighted by Crippen LogP contribution is -2.09. The predicted octanol–water partition coefficient (Wildman–Crippen LogP) is 4.16. The fourth-order valence-electron chi connectivity index (χ4n) is 2.66. The summed E-state index contributed by atoms with van der Waals surface area (Å²) in [4.78, 5) is 4.09. The maximum absolute atomic E-state index is 13.6. The van der Waals surface area contributed by atoms with Crippen molar-refractivity contribution in [2.24, 2.45) is 0 Å². The first-order chi connectivity index (χ1) is 9.65.